The van der Waals surface area contributed by atoms with Gasteiger partial charge in [0.2, 0.25) is 5.91 Å². The SMILES string of the molecule is O=C(Cc1ccc(NC(=O)c2ccc(Br)o2)cc1)NC1CCOc2ccccc21. The molecule has 1 aromatic heterocycles. The lowest BCUT2D eigenvalue weighted by molar-refractivity contribution is -0.121. The van der Waals surface area contributed by atoms with E-state index < -0.39 is 0 Å². The molecule has 7 heteroatoms. The number of halogens is 1. The van der Waals surface area contributed by atoms with Gasteiger partial charge in [0.25, 0.3) is 5.91 Å². The van der Waals surface area contributed by atoms with Gasteiger partial charge >= 0.3 is 0 Å². The van der Waals surface area contributed by atoms with Gasteiger partial charge in [0, 0.05) is 17.7 Å². The summed E-state index contributed by atoms with van der Waals surface area (Å²) in [4.78, 5) is 24.6. The monoisotopic (exact) mass is 454 g/mol. The summed E-state index contributed by atoms with van der Waals surface area (Å²) >= 11 is 3.17. The zero-order valence-electron chi connectivity index (χ0n) is 15.5. The number of hydrogen-bond donors (Lipinski definition) is 2. The zero-order chi connectivity index (χ0) is 20.2. The molecule has 0 saturated carbocycles. The van der Waals surface area contributed by atoms with Crippen molar-refractivity contribution in [1.29, 1.82) is 0 Å². The van der Waals surface area contributed by atoms with Crippen molar-refractivity contribution < 1.29 is 18.7 Å². The number of amides is 2. The molecule has 0 spiro atoms. The van der Waals surface area contributed by atoms with Crippen LogP contribution in [0.25, 0.3) is 0 Å². The van der Waals surface area contributed by atoms with Crippen molar-refractivity contribution in [2.75, 3.05) is 11.9 Å². The van der Waals surface area contributed by atoms with Crippen LogP contribution >= 0.6 is 15.9 Å². The van der Waals surface area contributed by atoms with Crippen LogP contribution in [0.1, 0.15) is 34.1 Å². The second-order valence-electron chi connectivity index (χ2n) is 6.73. The van der Waals surface area contributed by atoms with E-state index in [1.165, 1.54) is 0 Å². The third-order valence-electron chi connectivity index (χ3n) is 4.67. The van der Waals surface area contributed by atoms with Gasteiger partial charge in [-0.1, -0.05) is 30.3 Å². The molecule has 4 rings (SSSR count). The van der Waals surface area contributed by atoms with E-state index in [0.29, 0.717) is 17.0 Å². The van der Waals surface area contributed by atoms with Gasteiger partial charge in [-0.3, -0.25) is 9.59 Å². The Morgan fingerprint density at radius 1 is 1.03 bits per heavy atom. The lowest BCUT2D eigenvalue weighted by Crippen LogP contribution is -2.33. The number of fused-ring (bicyclic) bond motifs is 1. The molecular weight excluding hydrogens is 436 g/mol. The molecule has 0 aliphatic carbocycles. The van der Waals surface area contributed by atoms with Crippen molar-refractivity contribution in [2.24, 2.45) is 0 Å². The summed E-state index contributed by atoms with van der Waals surface area (Å²) in [5.41, 5.74) is 2.50. The molecule has 29 heavy (non-hydrogen) atoms. The maximum absolute atomic E-state index is 12.5. The summed E-state index contributed by atoms with van der Waals surface area (Å²) < 4.78 is 11.4. The minimum atomic E-state index is -0.334. The van der Waals surface area contributed by atoms with Crippen molar-refractivity contribution in [3.05, 3.63) is 82.2 Å². The van der Waals surface area contributed by atoms with Gasteiger partial charge in [-0.25, -0.2) is 0 Å². The van der Waals surface area contributed by atoms with E-state index in [4.69, 9.17) is 9.15 Å². The van der Waals surface area contributed by atoms with E-state index in [2.05, 4.69) is 26.6 Å². The third-order valence-corrected chi connectivity index (χ3v) is 5.09. The first kappa shape index (κ1) is 19.3. The molecule has 2 N–H and O–H groups in total. The summed E-state index contributed by atoms with van der Waals surface area (Å²) in [7, 11) is 0. The molecule has 0 bridgehead atoms. The molecule has 6 nitrogen and oxygen atoms in total. The van der Waals surface area contributed by atoms with Crippen molar-refractivity contribution in [1.82, 2.24) is 5.32 Å². The molecule has 0 radical (unpaired) electrons. The van der Waals surface area contributed by atoms with Crippen LogP contribution < -0.4 is 15.4 Å². The fourth-order valence-electron chi connectivity index (χ4n) is 3.26. The van der Waals surface area contributed by atoms with E-state index >= 15 is 0 Å². The van der Waals surface area contributed by atoms with Crippen LogP contribution in [0.2, 0.25) is 0 Å². The molecule has 1 atom stereocenters. The molecule has 0 fully saturated rings. The molecule has 1 aliphatic rings. The molecule has 148 valence electrons. The van der Waals surface area contributed by atoms with Crippen LogP contribution in [0.4, 0.5) is 5.69 Å². The highest BCUT2D eigenvalue weighted by atomic mass is 79.9. The predicted molar refractivity (Wildman–Crippen MR) is 112 cm³/mol. The first-order valence-electron chi connectivity index (χ1n) is 9.25. The Hall–Kier alpha value is -3.06. The number of carbonyl (C=O) groups is 2. The largest absolute Gasteiger partial charge is 0.493 e. The fourth-order valence-corrected chi connectivity index (χ4v) is 3.56. The Labute approximate surface area is 176 Å². The highest BCUT2D eigenvalue weighted by Gasteiger charge is 2.22. The van der Waals surface area contributed by atoms with Gasteiger partial charge in [-0.2, -0.15) is 0 Å². The predicted octanol–water partition coefficient (Wildman–Crippen LogP) is 4.48. The first-order chi connectivity index (χ1) is 14.1. The molecule has 1 aliphatic heterocycles. The molecule has 1 unspecified atom stereocenters. The number of para-hydroxylation sites is 1. The van der Waals surface area contributed by atoms with Crippen LogP contribution in [0.5, 0.6) is 5.75 Å². The van der Waals surface area contributed by atoms with Gasteiger partial charge in [-0.15, -0.1) is 0 Å². The van der Waals surface area contributed by atoms with Crippen LogP contribution in [0, 0.1) is 0 Å². The van der Waals surface area contributed by atoms with Gasteiger partial charge in [0.05, 0.1) is 19.1 Å². The first-order valence-corrected chi connectivity index (χ1v) is 10.0. The van der Waals surface area contributed by atoms with E-state index in [9.17, 15) is 9.59 Å². The van der Waals surface area contributed by atoms with Crippen molar-refractivity contribution in [2.45, 2.75) is 18.9 Å². The van der Waals surface area contributed by atoms with E-state index in [1.54, 1.807) is 24.3 Å². The summed E-state index contributed by atoms with van der Waals surface area (Å²) in [5.74, 6) is 0.660. The Bertz CT molecular complexity index is 1030. The third kappa shape index (κ3) is 4.68. The van der Waals surface area contributed by atoms with E-state index in [0.717, 1.165) is 23.3 Å². The van der Waals surface area contributed by atoms with Gasteiger partial charge in [-0.05, 0) is 51.8 Å². The van der Waals surface area contributed by atoms with Crippen molar-refractivity contribution in [3.8, 4) is 5.75 Å². The van der Waals surface area contributed by atoms with E-state index in [-0.39, 0.29) is 30.0 Å². The fraction of sp³-hybridized carbons (Fsp3) is 0.182. The molecule has 2 heterocycles. The number of carbonyl (C=O) groups excluding carboxylic acids is 2. The number of anilines is 1. The number of rotatable bonds is 5. The number of benzene rings is 2. The average Bonchev–Trinajstić information content (AvgIpc) is 3.16. The average molecular weight is 455 g/mol. The Morgan fingerprint density at radius 2 is 1.83 bits per heavy atom. The standard InChI is InChI=1S/C22H19BrN2O4/c23-20-10-9-19(29-20)22(27)24-15-7-5-14(6-8-15)13-21(26)25-17-11-12-28-18-4-2-1-3-16(17)18/h1-10,17H,11-13H2,(H,24,27)(H,25,26). The number of hydrogen-bond acceptors (Lipinski definition) is 4. The van der Waals surface area contributed by atoms with Gasteiger partial charge in [0.1, 0.15) is 5.75 Å². The lowest BCUT2D eigenvalue weighted by Gasteiger charge is -2.26. The Kier molecular flexibility index (Phi) is 5.67. The second-order valence-corrected chi connectivity index (χ2v) is 7.51. The number of nitrogens with one attached hydrogen (secondary N) is 2. The molecule has 2 aromatic carbocycles. The summed E-state index contributed by atoms with van der Waals surface area (Å²) in [6, 6.07) is 18.2. The normalized spacial score (nSPS) is 15.1. The lowest BCUT2D eigenvalue weighted by atomic mass is 10.00. The minimum absolute atomic E-state index is 0.0429. The molecular formula is C22H19BrN2O4. The Morgan fingerprint density at radius 3 is 2.59 bits per heavy atom. The van der Waals surface area contributed by atoms with Crippen LogP contribution in [-0.4, -0.2) is 18.4 Å². The van der Waals surface area contributed by atoms with Crippen LogP contribution in [0.15, 0.2) is 69.8 Å². The maximum Gasteiger partial charge on any atom is 0.291 e. The topological polar surface area (TPSA) is 80.6 Å². The van der Waals surface area contributed by atoms with E-state index in [1.807, 2.05) is 36.4 Å². The maximum atomic E-state index is 12.5. The molecule has 3 aromatic rings. The second kappa shape index (κ2) is 8.53. The van der Waals surface area contributed by atoms with Crippen LogP contribution in [0.3, 0.4) is 0 Å². The highest BCUT2D eigenvalue weighted by Crippen LogP contribution is 2.31. The minimum Gasteiger partial charge on any atom is -0.493 e. The molecule has 0 saturated heterocycles. The zero-order valence-corrected chi connectivity index (χ0v) is 17.1. The molecule has 2 amide bonds. The Balaban J connectivity index is 1.34. The van der Waals surface area contributed by atoms with Crippen molar-refractivity contribution in [3.63, 3.8) is 0 Å². The van der Waals surface area contributed by atoms with Crippen LogP contribution in [-0.2, 0) is 11.2 Å². The van der Waals surface area contributed by atoms with Gasteiger partial charge in [0.15, 0.2) is 10.4 Å². The van der Waals surface area contributed by atoms with Gasteiger partial charge < -0.3 is 19.8 Å². The summed E-state index contributed by atoms with van der Waals surface area (Å²) in [6.45, 7) is 0.586. The van der Waals surface area contributed by atoms with Crippen molar-refractivity contribution >= 4 is 33.4 Å². The highest BCUT2D eigenvalue weighted by molar-refractivity contribution is 9.10. The smallest absolute Gasteiger partial charge is 0.291 e. The quantitative estimate of drug-likeness (QED) is 0.595. The summed E-state index contributed by atoms with van der Waals surface area (Å²) in [5, 5.41) is 5.85. The summed E-state index contributed by atoms with van der Waals surface area (Å²) in [6.07, 6.45) is 1.01. The number of ether oxygens (including phenoxy) is 1. The number of furan rings is 1.